The second-order valence-electron chi connectivity index (χ2n) is 9.03. The molecule has 1 aromatic carbocycles. The van der Waals surface area contributed by atoms with E-state index in [4.69, 9.17) is 0 Å². The van der Waals surface area contributed by atoms with E-state index >= 15 is 0 Å². The van der Waals surface area contributed by atoms with Crippen LogP contribution in [-0.2, 0) is 4.79 Å². The molecule has 25 heavy (non-hydrogen) atoms. The lowest BCUT2D eigenvalue weighted by Crippen LogP contribution is -2.59. The summed E-state index contributed by atoms with van der Waals surface area (Å²) in [6, 6.07) is 8.33. The van der Waals surface area contributed by atoms with Crippen LogP contribution in [-0.4, -0.2) is 18.0 Å². The van der Waals surface area contributed by atoms with Crippen LogP contribution >= 0.6 is 0 Å². The number of rotatable bonds is 6. The molecule has 3 nitrogen and oxygen atoms in total. The van der Waals surface area contributed by atoms with Crippen LogP contribution in [0.15, 0.2) is 24.3 Å². The van der Waals surface area contributed by atoms with Crippen LogP contribution in [0, 0.1) is 17.8 Å². The smallest absolute Gasteiger partial charge is 0.238 e. The zero-order valence-electron chi connectivity index (χ0n) is 15.7. The van der Waals surface area contributed by atoms with Crippen molar-refractivity contribution in [2.45, 2.75) is 70.3 Å². The van der Waals surface area contributed by atoms with E-state index in [9.17, 15) is 4.79 Å². The molecule has 0 aromatic heterocycles. The Bertz CT molecular complexity index is 586. The molecule has 4 aliphatic rings. The summed E-state index contributed by atoms with van der Waals surface area (Å²) in [5, 5.41) is 6.73. The minimum Gasteiger partial charge on any atom is -0.325 e. The average Bonchev–Trinajstić information content (AvgIpc) is 2.59. The molecule has 2 N–H and O–H groups in total. The van der Waals surface area contributed by atoms with Crippen molar-refractivity contribution in [1.29, 1.82) is 0 Å². The van der Waals surface area contributed by atoms with Gasteiger partial charge in [-0.25, -0.2) is 0 Å². The molecule has 0 radical (unpaired) electrons. The van der Waals surface area contributed by atoms with Gasteiger partial charge in [0.05, 0.1) is 6.54 Å². The molecule has 1 atom stereocenters. The normalized spacial score (nSPS) is 34.1. The quantitative estimate of drug-likeness (QED) is 0.788. The monoisotopic (exact) mass is 340 g/mol. The fraction of sp³-hybridized carbons (Fsp3) is 0.682. The third-order valence-corrected chi connectivity index (χ3v) is 7.04. The number of nitrogens with one attached hydrogen (secondary N) is 2. The predicted octanol–water partition coefficient (Wildman–Crippen LogP) is 4.70. The molecule has 4 aliphatic carbocycles. The van der Waals surface area contributed by atoms with Gasteiger partial charge in [-0.2, -0.15) is 0 Å². The Labute approximate surface area is 152 Å². The summed E-state index contributed by atoms with van der Waals surface area (Å²) in [4.78, 5) is 12.4. The van der Waals surface area contributed by atoms with Crippen molar-refractivity contribution < 1.29 is 4.79 Å². The molecule has 3 heteroatoms. The summed E-state index contributed by atoms with van der Waals surface area (Å²) in [5.41, 5.74) is 2.50. The van der Waals surface area contributed by atoms with Gasteiger partial charge in [-0.1, -0.05) is 26.0 Å². The second-order valence-corrected chi connectivity index (χ2v) is 9.03. The fourth-order valence-electron chi connectivity index (χ4n) is 5.93. The van der Waals surface area contributed by atoms with Gasteiger partial charge < -0.3 is 10.6 Å². The van der Waals surface area contributed by atoms with Crippen molar-refractivity contribution in [3.8, 4) is 0 Å². The molecule has 4 bridgehead atoms. The van der Waals surface area contributed by atoms with E-state index in [-0.39, 0.29) is 11.4 Å². The third-order valence-electron chi connectivity index (χ3n) is 7.04. The maximum Gasteiger partial charge on any atom is 0.238 e. The molecular weight excluding hydrogens is 308 g/mol. The number of hydrogen-bond acceptors (Lipinski definition) is 2. The number of benzene rings is 1. The van der Waals surface area contributed by atoms with Crippen LogP contribution in [0.4, 0.5) is 5.69 Å². The lowest BCUT2D eigenvalue weighted by molar-refractivity contribution is -0.116. The van der Waals surface area contributed by atoms with Gasteiger partial charge in [0.2, 0.25) is 5.91 Å². The maximum atomic E-state index is 12.4. The highest BCUT2D eigenvalue weighted by molar-refractivity contribution is 5.92. The van der Waals surface area contributed by atoms with Gasteiger partial charge in [-0.3, -0.25) is 4.79 Å². The first-order chi connectivity index (χ1) is 12.0. The molecule has 1 aromatic rings. The molecule has 4 saturated carbocycles. The summed E-state index contributed by atoms with van der Waals surface area (Å²) < 4.78 is 0. The highest BCUT2D eigenvalue weighted by Crippen LogP contribution is 2.55. The van der Waals surface area contributed by atoms with E-state index in [0.717, 1.165) is 29.9 Å². The number of hydrogen-bond donors (Lipinski definition) is 2. The van der Waals surface area contributed by atoms with Gasteiger partial charge in [0.1, 0.15) is 0 Å². The minimum atomic E-state index is 0.0898. The molecular formula is C22H32N2O. The second kappa shape index (κ2) is 6.75. The van der Waals surface area contributed by atoms with E-state index in [1.165, 1.54) is 44.1 Å². The summed E-state index contributed by atoms with van der Waals surface area (Å²) >= 11 is 0. The van der Waals surface area contributed by atoms with E-state index in [1.807, 2.05) is 12.1 Å². The maximum absolute atomic E-state index is 12.4. The van der Waals surface area contributed by atoms with Gasteiger partial charge in [0, 0.05) is 11.2 Å². The SMILES string of the molecule is CC[C@H](C)c1ccc(NC(=O)CNC23CC4CC(CC(C4)C2)C3)cc1. The van der Waals surface area contributed by atoms with Gasteiger partial charge in [-0.05, 0) is 86.3 Å². The number of carbonyl (C=O) groups is 1. The van der Waals surface area contributed by atoms with Crippen LogP contribution in [0.2, 0.25) is 0 Å². The van der Waals surface area contributed by atoms with Gasteiger partial charge in [0.15, 0.2) is 0 Å². The average molecular weight is 341 g/mol. The first-order valence-corrected chi connectivity index (χ1v) is 10.2. The molecule has 0 spiro atoms. The Morgan fingerprint density at radius 2 is 1.64 bits per heavy atom. The van der Waals surface area contributed by atoms with Crippen LogP contribution in [0.25, 0.3) is 0 Å². The Kier molecular flexibility index (Phi) is 4.61. The Morgan fingerprint density at radius 3 is 2.16 bits per heavy atom. The van der Waals surface area contributed by atoms with Crippen molar-refractivity contribution in [1.82, 2.24) is 5.32 Å². The fourth-order valence-corrected chi connectivity index (χ4v) is 5.93. The lowest BCUT2D eigenvalue weighted by Gasteiger charge is -2.57. The zero-order valence-corrected chi connectivity index (χ0v) is 15.7. The predicted molar refractivity (Wildman–Crippen MR) is 103 cm³/mol. The van der Waals surface area contributed by atoms with Crippen LogP contribution in [0.5, 0.6) is 0 Å². The van der Waals surface area contributed by atoms with Crippen molar-refractivity contribution in [3.05, 3.63) is 29.8 Å². The summed E-state index contributed by atoms with van der Waals surface area (Å²) in [6.07, 6.45) is 9.32. The van der Waals surface area contributed by atoms with Gasteiger partial charge in [-0.15, -0.1) is 0 Å². The van der Waals surface area contributed by atoms with Crippen molar-refractivity contribution >= 4 is 11.6 Å². The molecule has 0 unspecified atom stereocenters. The number of amides is 1. The first-order valence-electron chi connectivity index (χ1n) is 10.2. The Balaban J connectivity index is 1.31. The molecule has 0 heterocycles. The van der Waals surface area contributed by atoms with Crippen LogP contribution < -0.4 is 10.6 Å². The highest BCUT2D eigenvalue weighted by atomic mass is 16.1. The van der Waals surface area contributed by atoms with Crippen molar-refractivity contribution in [2.75, 3.05) is 11.9 Å². The van der Waals surface area contributed by atoms with Gasteiger partial charge >= 0.3 is 0 Å². The Hall–Kier alpha value is -1.35. The number of anilines is 1. The molecule has 1 amide bonds. The van der Waals surface area contributed by atoms with E-state index < -0.39 is 0 Å². The largest absolute Gasteiger partial charge is 0.325 e. The molecule has 0 saturated heterocycles. The summed E-state index contributed by atoms with van der Waals surface area (Å²) in [7, 11) is 0. The van der Waals surface area contributed by atoms with Crippen molar-refractivity contribution in [2.24, 2.45) is 17.8 Å². The van der Waals surface area contributed by atoms with Crippen LogP contribution in [0.1, 0.15) is 70.3 Å². The minimum absolute atomic E-state index is 0.0898. The first kappa shape index (κ1) is 17.1. The van der Waals surface area contributed by atoms with Gasteiger partial charge in [0.25, 0.3) is 0 Å². The van der Waals surface area contributed by atoms with Crippen LogP contribution in [0.3, 0.4) is 0 Å². The van der Waals surface area contributed by atoms with E-state index in [2.05, 4.69) is 36.6 Å². The zero-order chi connectivity index (χ0) is 17.4. The topological polar surface area (TPSA) is 41.1 Å². The van der Waals surface area contributed by atoms with E-state index in [1.54, 1.807) is 0 Å². The third kappa shape index (κ3) is 3.62. The summed E-state index contributed by atoms with van der Waals surface area (Å²) in [6.45, 7) is 4.89. The lowest BCUT2D eigenvalue weighted by atomic mass is 9.53. The number of carbonyl (C=O) groups excluding carboxylic acids is 1. The Morgan fingerprint density at radius 1 is 1.08 bits per heavy atom. The molecule has 0 aliphatic heterocycles. The van der Waals surface area contributed by atoms with Crippen molar-refractivity contribution in [3.63, 3.8) is 0 Å². The van der Waals surface area contributed by atoms with E-state index in [0.29, 0.717) is 12.5 Å². The molecule has 136 valence electrons. The standard InChI is InChI=1S/C22H32N2O/c1-3-15(2)19-4-6-20(7-5-19)24-21(25)14-23-22-11-16-8-17(12-22)10-18(9-16)13-22/h4-7,15-18,23H,3,8-14H2,1-2H3,(H,24,25)/t15-,16?,17?,18?,22?/m0/s1. The summed E-state index contributed by atoms with van der Waals surface area (Å²) in [5.74, 6) is 3.40. The molecule has 5 rings (SSSR count). The highest BCUT2D eigenvalue weighted by Gasteiger charge is 2.50. The molecule has 4 fully saturated rings.